The Hall–Kier alpha value is -1.22. The van der Waals surface area contributed by atoms with Crippen molar-refractivity contribution in [1.29, 1.82) is 0 Å². The first-order chi connectivity index (χ1) is 8.60. The van der Waals surface area contributed by atoms with E-state index in [9.17, 15) is 5.11 Å². The summed E-state index contributed by atoms with van der Waals surface area (Å²) in [6, 6.07) is 10.6. The van der Waals surface area contributed by atoms with Gasteiger partial charge in [-0.25, -0.2) is 0 Å². The van der Waals surface area contributed by atoms with Crippen LogP contribution in [-0.4, -0.2) is 5.11 Å². The molecule has 0 aliphatic heterocycles. The highest BCUT2D eigenvalue weighted by atomic mass is 35.5. The number of aliphatic hydroxyl groups excluding tert-OH is 1. The van der Waals surface area contributed by atoms with Crippen LogP contribution in [-0.2, 0) is 6.61 Å². The second kappa shape index (κ2) is 5.61. The number of benzene rings is 2. The average Bonchev–Trinajstić information content (AvgIpc) is 2.34. The van der Waals surface area contributed by atoms with Crippen LogP contribution in [0.15, 0.2) is 36.4 Å². The third kappa shape index (κ3) is 2.96. The summed E-state index contributed by atoms with van der Waals surface area (Å²) in [4.78, 5) is 0. The standard InChI is InChI=1S/C14H12Cl2O2/c1-9-2-5-12(16)14(6-9)18-13-7-11(15)4-3-10(13)8-17/h2-7,17H,8H2,1H3. The quantitative estimate of drug-likeness (QED) is 0.893. The van der Waals surface area contributed by atoms with Crippen LogP contribution < -0.4 is 4.74 Å². The molecule has 2 aromatic carbocycles. The number of rotatable bonds is 3. The fraction of sp³-hybridized carbons (Fsp3) is 0.143. The van der Waals surface area contributed by atoms with Gasteiger partial charge >= 0.3 is 0 Å². The predicted molar refractivity (Wildman–Crippen MR) is 73.6 cm³/mol. The van der Waals surface area contributed by atoms with Gasteiger partial charge in [-0.3, -0.25) is 0 Å². The first kappa shape index (κ1) is 13.2. The highest BCUT2D eigenvalue weighted by molar-refractivity contribution is 6.32. The van der Waals surface area contributed by atoms with Crippen molar-refractivity contribution in [2.24, 2.45) is 0 Å². The normalized spacial score (nSPS) is 10.4. The lowest BCUT2D eigenvalue weighted by atomic mass is 10.2. The van der Waals surface area contributed by atoms with Crippen LogP contribution in [0.4, 0.5) is 0 Å². The SMILES string of the molecule is Cc1ccc(Cl)c(Oc2cc(Cl)ccc2CO)c1. The lowest BCUT2D eigenvalue weighted by Gasteiger charge is -2.12. The Labute approximate surface area is 116 Å². The molecule has 4 heteroatoms. The van der Waals surface area contributed by atoms with E-state index >= 15 is 0 Å². The van der Waals surface area contributed by atoms with E-state index in [-0.39, 0.29) is 6.61 Å². The molecule has 0 spiro atoms. The number of halogens is 2. The monoisotopic (exact) mass is 282 g/mol. The molecule has 0 bridgehead atoms. The molecular weight excluding hydrogens is 271 g/mol. The van der Waals surface area contributed by atoms with Crippen LogP contribution in [0.1, 0.15) is 11.1 Å². The Kier molecular flexibility index (Phi) is 4.12. The molecule has 0 aliphatic rings. The van der Waals surface area contributed by atoms with E-state index in [0.29, 0.717) is 27.1 Å². The zero-order valence-electron chi connectivity index (χ0n) is 9.78. The molecule has 94 valence electrons. The van der Waals surface area contributed by atoms with Crippen LogP contribution in [0.5, 0.6) is 11.5 Å². The van der Waals surface area contributed by atoms with E-state index in [2.05, 4.69) is 0 Å². The zero-order valence-corrected chi connectivity index (χ0v) is 11.3. The summed E-state index contributed by atoms with van der Waals surface area (Å²) in [5.41, 5.74) is 1.71. The lowest BCUT2D eigenvalue weighted by molar-refractivity contribution is 0.276. The lowest BCUT2D eigenvalue weighted by Crippen LogP contribution is -1.92. The van der Waals surface area contributed by atoms with E-state index in [1.54, 1.807) is 24.3 Å². The summed E-state index contributed by atoms with van der Waals surface area (Å²) in [7, 11) is 0. The van der Waals surface area contributed by atoms with Crippen molar-refractivity contribution in [3.8, 4) is 11.5 Å². The van der Waals surface area contributed by atoms with E-state index in [0.717, 1.165) is 5.56 Å². The van der Waals surface area contributed by atoms with E-state index < -0.39 is 0 Å². The molecule has 2 rings (SSSR count). The van der Waals surface area contributed by atoms with Crippen molar-refractivity contribution >= 4 is 23.2 Å². The average molecular weight is 283 g/mol. The zero-order chi connectivity index (χ0) is 13.1. The van der Waals surface area contributed by atoms with Crippen molar-refractivity contribution in [1.82, 2.24) is 0 Å². The van der Waals surface area contributed by atoms with Gasteiger partial charge in [-0.15, -0.1) is 0 Å². The second-order valence-corrected chi connectivity index (χ2v) is 4.79. The summed E-state index contributed by atoms with van der Waals surface area (Å²) in [5.74, 6) is 1.06. The van der Waals surface area contributed by atoms with Gasteiger partial charge in [0.1, 0.15) is 11.5 Å². The summed E-state index contributed by atoms with van der Waals surface area (Å²) in [5, 5.41) is 10.3. The molecule has 0 atom stereocenters. The fourth-order valence-corrected chi connectivity index (χ4v) is 1.88. The van der Waals surface area contributed by atoms with Crippen molar-refractivity contribution in [3.05, 3.63) is 57.6 Å². The maximum absolute atomic E-state index is 9.26. The Balaban J connectivity index is 2.38. The minimum Gasteiger partial charge on any atom is -0.455 e. The molecule has 0 amide bonds. The third-order valence-corrected chi connectivity index (χ3v) is 3.05. The van der Waals surface area contributed by atoms with E-state index in [1.165, 1.54) is 0 Å². The summed E-state index contributed by atoms with van der Waals surface area (Å²) in [6.45, 7) is 1.84. The van der Waals surface area contributed by atoms with Crippen LogP contribution in [0, 0.1) is 6.92 Å². The Morgan fingerprint density at radius 3 is 2.56 bits per heavy atom. The Morgan fingerprint density at radius 2 is 1.83 bits per heavy atom. The number of ether oxygens (including phenoxy) is 1. The molecule has 0 unspecified atom stereocenters. The van der Waals surface area contributed by atoms with Gasteiger partial charge in [-0.2, -0.15) is 0 Å². The number of hydrogen-bond donors (Lipinski definition) is 1. The van der Waals surface area contributed by atoms with Gasteiger partial charge in [0.2, 0.25) is 0 Å². The van der Waals surface area contributed by atoms with Gasteiger partial charge in [-0.05, 0) is 36.8 Å². The summed E-state index contributed by atoms with van der Waals surface area (Å²) in [6.07, 6.45) is 0. The molecule has 0 radical (unpaired) electrons. The molecule has 0 saturated carbocycles. The Bertz CT molecular complexity index is 568. The first-order valence-corrected chi connectivity index (χ1v) is 6.19. The van der Waals surface area contributed by atoms with E-state index in [4.69, 9.17) is 27.9 Å². The second-order valence-electron chi connectivity index (χ2n) is 3.95. The minimum atomic E-state index is -0.115. The minimum absolute atomic E-state index is 0.115. The van der Waals surface area contributed by atoms with Gasteiger partial charge in [0.15, 0.2) is 0 Å². The topological polar surface area (TPSA) is 29.5 Å². The van der Waals surface area contributed by atoms with Crippen molar-refractivity contribution in [3.63, 3.8) is 0 Å². The third-order valence-electron chi connectivity index (χ3n) is 2.51. The molecule has 2 nitrogen and oxygen atoms in total. The van der Waals surface area contributed by atoms with Crippen molar-refractivity contribution < 1.29 is 9.84 Å². The van der Waals surface area contributed by atoms with E-state index in [1.807, 2.05) is 19.1 Å². The molecule has 0 aliphatic carbocycles. The van der Waals surface area contributed by atoms with Crippen LogP contribution in [0.3, 0.4) is 0 Å². The van der Waals surface area contributed by atoms with Crippen LogP contribution in [0.25, 0.3) is 0 Å². The number of hydrogen-bond acceptors (Lipinski definition) is 2. The first-order valence-electron chi connectivity index (χ1n) is 5.43. The highest BCUT2D eigenvalue weighted by Gasteiger charge is 2.08. The van der Waals surface area contributed by atoms with Crippen LogP contribution >= 0.6 is 23.2 Å². The molecule has 0 fully saturated rings. The molecule has 1 N–H and O–H groups in total. The molecular formula is C14H12Cl2O2. The maximum Gasteiger partial charge on any atom is 0.146 e. The largest absolute Gasteiger partial charge is 0.455 e. The molecule has 0 saturated heterocycles. The van der Waals surface area contributed by atoms with Gasteiger partial charge in [-0.1, -0.05) is 35.3 Å². The molecule has 0 aromatic heterocycles. The molecule has 0 heterocycles. The van der Waals surface area contributed by atoms with Gasteiger partial charge < -0.3 is 9.84 Å². The van der Waals surface area contributed by atoms with Crippen molar-refractivity contribution in [2.45, 2.75) is 13.5 Å². The van der Waals surface area contributed by atoms with Crippen molar-refractivity contribution in [2.75, 3.05) is 0 Å². The smallest absolute Gasteiger partial charge is 0.146 e. The number of aliphatic hydroxyl groups is 1. The highest BCUT2D eigenvalue weighted by Crippen LogP contribution is 2.33. The summed E-state index contributed by atoms with van der Waals surface area (Å²) >= 11 is 12.0. The fourth-order valence-electron chi connectivity index (χ4n) is 1.56. The predicted octanol–water partition coefficient (Wildman–Crippen LogP) is 4.59. The molecule has 18 heavy (non-hydrogen) atoms. The maximum atomic E-state index is 9.26. The van der Waals surface area contributed by atoms with Crippen LogP contribution in [0.2, 0.25) is 10.0 Å². The number of aryl methyl sites for hydroxylation is 1. The van der Waals surface area contributed by atoms with Gasteiger partial charge in [0, 0.05) is 10.6 Å². The van der Waals surface area contributed by atoms with Gasteiger partial charge in [0.25, 0.3) is 0 Å². The summed E-state index contributed by atoms with van der Waals surface area (Å²) < 4.78 is 5.72. The van der Waals surface area contributed by atoms with Gasteiger partial charge in [0.05, 0.1) is 11.6 Å². The molecule has 2 aromatic rings. The Morgan fingerprint density at radius 1 is 1.06 bits per heavy atom.